The number of aromatic nitrogens is 1. The van der Waals surface area contributed by atoms with Crippen molar-refractivity contribution in [3.05, 3.63) is 52.6 Å². The number of halogens is 5. The fourth-order valence-corrected chi connectivity index (χ4v) is 1.66. The first-order valence-corrected chi connectivity index (χ1v) is 5.28. The van der Waals surface area contributed by atoms with Crippen LogP contribution in [0.3, 0.4) is 0 Å². The molecule has 1 N–H and O–H groups in total. The quantitative estimate of drug-likeness (QED) is 0.503. The van der Waals surface area contributed by atoms with E-state index in [-0.39, 0.29) is 0 Å². The van der Waals surface area contributed by atoms with Gasteiger partial charge >= 0.3 is 0 Å². The summed E-state index contributed by atoms with van der Waals surface area (Å²) in [6.07, 6.45) is 0. The lowest BCUT2D eigenvalue weighted by atomic mass is 10.2. The van der Waals surface area contributed by atoms with Gasteiger partial charge in [0.1, 0.15) is 5.69 Å². The lowest BCUT2D eigenvalue weighted by Gasteiger charge is -2.15. The molecule has 0 radical (unpaired) electrons. The summed E-state index contributed by atoms with van der Waals surface area (Å²) >= 11 is 0. The molecule has 0 unspecified atom stereocenters. The highest BCUT2D eigenvalue weighted by molar-refractivity contribution is 5.48. The minimum absolute atomic E-state index is 0.557. The van der Waals surface area contributed by atoms with Gasteiger partial charge in [-0.2, -0.15) is 0 Å². The van der Waals surface area contributed by atoms with Crippen LogP contribution in [0, 0.1) is 42.9 Å². The van der Waals surface area contributed by atoms with E-state index < -0.39 is 34.8 Å². The summed E-state index contributed by atoms with van der Waals surface area (Å²) in [5.41, 5.74) is 2.22. The number of nitrogens with one attached hydrogen (secondary N) is 1. The minimum Gasteiger partial charge on any atom is -0.289 e. The average molecular weight is 276 g/mol. The maximum Gasteiger partial charge on any atom is 0.200 e. The molecular formula is C12H9F5N2. The molecule has 1 aromatic carbocycles. The highest BCUT2D eigenvalue weighted by Gasteiger charge is 2.26. The Kier molecular flexibility index (Phi) is 3.21. The molecule has 2 rings (SSSR count). The number of hydrogen-bond donors (Lipinski definition) is 1. The molecule has 0 amide bonds. The van der Waals surface area contributed by atoms with Crippen LogP contribution in [0.5, 0.6) is 0 Å². The van der Waals surface area contributed by atoms with Crippen LogP contribution in [0.15, 0.2) is 12.1 Å². The van der Waals surface area contributed by atoms with Crippen molar-refractivity contribution in [3.63, 3.8) is 0 Å². The molecule has 0 spiro atoms. The van der Waals surface area contributed by atoms with Crippen molar-refractivity contribution in [1.82, 2.24) is 4.68 Å². The molecule has 2 nitrogen and oxygen atoms in total. The Morgan fingerprint density at radius 2 is 1.11 bits per heavy atom. The third-order valence-electron chi connectivity index (χ3n) is 2.70. The fourth-order valence-electron chi connectivity index (χ4n) is 1.66. The van der Waals surface area contributed by atoms with Crippen molar-refractivity contribution in [2.75, 3.05) is 5.43 Å². The van der Waals surface area contributed by atoms with Crippen LogP contribution in [-0.4, -0.2) is 4.68 Å². The maximum atomic E-state index is 13.5. The van der Waals surface area contributed by atoms with Crippen LogP contribution in [0.4, 0.5) is 27.6 Å². The molecule has 1 heterocycles. The predicted octanol–water partition coefficient (Wildman–Crippen LogP) is 3.68. The number of rotatable bonds is 2. The molecule has 0 saturated heterocycles. The molecule has 0 aliphatic carbocycles. The minimum atomic E-state index is -2.18. The SMILES string of the molecule is Cc1ccc(C)n1Nc1c(F)c(F)c(F)c(F)c1F. The Bertz CT molecular complexity index is 600. The first-order chi connectivity index (χ1) is 8.84. The summed E-state index contributed by atoms with van der Waals surface area (Å²) in [6, 6.07) is 3.27. The van der Waals surface area contributed by atoms with Crippen LogP contribution < -0.4 is 5.43 Å². The van der Waals surface area contributed by atoms with Gasteiger partial charge in [-0.1, -0.05) is 0 Å². The molecule has 0 aliphatic heterocycles. The van der Waals surface area contributed by atoms with E-state index in [2.05, 4.69) is 5.43 Å². The Balaban J connectivity index is 2.58. The van der Waals surface area contributed by atoms with Gasteiger partial charge in [0.2, 0.25) is 5.82 Å². The van der Waals surface area contributed by atoms with Gasteiger partial charge in [0.05, 0.1) is 0 Å². The number of hydrogen-bond acceptors (Lipinski definition) is 1. The zero-order valence-electron chi connectivity index (χ0n) is 9.99. The molecule has 0 bridgehead atoms. The second-order valence-electron chi connectivity index (χ2n) is 4.01. The topological polar surface area (TPSA) is 17.0 Å². The Labute approximate surface area is 105 Å². The third-order valence-corrected chi connectivity index (χ3v) is 2.70. The van der Waals surface area contributed by atoms with Crippen LogP contribution in [0.25, 0.3) is 0 Å². The number of aryl methyl sites for hydroxylation is 2. The molecule has 0 atom stereocenters. The average Bonchev–Trinajstić information content (AvgIpc) is 2.70. The van der Waals surface area contributed by atoms with Gasteiger partial charge < -0.3 is 0 Å². The van der Waals surface area contributed by atoms with E-state index >= 15 is 0 Å². The molecule has 7 heteroatoms. The van der Waals surface area contributed by atoms with Crippen molar-refractivity contribution < 1.29 is 22.0 Å². The fraction of sp³-hybridized carbons (Fsp3) is 0.167. The van der Waals surface area contributed by atoms with Gasteiger partial charge in [-0.15, -0.1) is 0 Å². The van der Waals surface area contributed by atoms with Crippen LogP contribution in [0.2, 0.25) is 0 Å². The van der Waals surface area contributed by atoms with Gasteiger partial charge in [0.15, 0.2) is 23.3 Å². The first-order valence-electron chi connectivity index (χ1n) is 5.28. The van der Waals surface area contributed by atoms with Crippen LogP contribution in [-0.2, 0) is 0 Å². The maximum absolute atomic E-state index is 13.5. The van der Waals surface area contributed by atoms with Gasteiger partial charge in [-0.05, 0) is 26.0 Å². The van der Waals surface area contributed by atoms with Gasteiger partial charge in [0, 0.05) is 11.4 Å². The van der Waals surface area contributed by atoms with E-state index in [1.165, 1.54) is 4.68 Å². The van der Waals surface area contributed by atoms with E-state index in [0.717, 1.165) is 0 Å². The molecule has 0 fully saturated rings. The number of benzene rings is 1. The summed E-state index contributed by atoms with van der Waals surface area (Å²) in [4.78, 5) is 0. The second kappa shape index (κ2) is 4.56. The Morgan fingerprint density at radius 1 is 0.737 bits per heavy atom. The lowest BCUT2D eigenvalue weighted by molar-refractivity contribution is 0.380. The summed E-state index contributed by atoms with van der Waals surface area (Å²) in [6.45, 7) is 3.23. The van der Waals surface area contributed by atoms with Crippen molar-refractivity contribution in [2.24, 2.45) is 0 Å². The normalized spacial score (nSPS) is 10.9. The van der Waals surface area contributed by atoms with Crippen LogP contribution in [0.1, 0.15) is 11.4 Å². The molecule has 0 saturated carbocycles. The van der Waals surface area contributed by atoms with E-state index in [9.17, 15) is 22.0 Å². The highest BCUT2D eigenvalue weighted by atomic mass is 19.2. The summed E-state index contributed by atoms with van der Waals surface area (Å²) < 4.78 is 67.1. The van der Waals surface area contributed by atoms with Crippen molar-refractivity contribution in [1.29, 1.82) is 0 Å². The highest BCUT2D eigenvalue weighted by Crippen LogP contribution is 2.27. The zero-order chi connectivity index (χ0) is 14.3. The van der Waals surface area contributed by atoms with E-state index in [4.69, 9.17) is 0 Å². The van der Waals surface area contributed by atoms with E-state index in [1.807, 2.05) is 0 Å². The van der Waals surface area contributed by atoms with Crippen LogP contribution >= 0.6 is 0 Å². The standard InChI is InChI=1S/C12H9F5N2/c1-5-3-4-6(2)19(5)18-12-10(16)8(14)7(13)9(15)11(12)17/h3-4,18H,1-2H3. The van der Waals surface area contributed by atoms with E-state index in [0.29, 0.717) is 11.4 Å². The van der Waals surface area contributed by atoms with E-state index in [1.54, 1.807) is 26.0 Å². The molecule has 1 aromatic heterocycles. The number of anilines is 1. The number of nitrogens with zero attached hydrogens (tertiary/aromatic N) is 1. The van der Waals surface area contributed by atoms with Gasteiger partial charge in [-0.25, -0.2) is 22.0 Å². The Hall–Kier alpha value is -2.05. The van der Waals surface area contributed by atoms with Gasteiger partial charge in [0.25, 0.3) is 0 Å². The summed E-state index contributed by atoms with van der Waals surface area (Å²) in [5, 5.41) is 0. The summed E-state index contributed by atoms with van der Waals surface area (Å²) in [7, 11) is 0. The second-order valence-corrected chi connectivity index (χ2v) is 4.01. The zero-order valence-corrected chi connectivity index (χ0v) is 9.99. The smallest absolute Gasteiger partial charge is 0.200 e. The van der Waals surface area contributed by atoms with Gasteiger partial charge in [-0.3, -0.25) is 10.1 Å². The Morgan fingerprint density at radius 3 is 1.53 bits per heavy atom. The molecule has 0 aliphatic rings. The van der Waals surface area contributed by atoms with Crippen molar-refractivity contribution in [2.45, 2.75) is 13.8 Å². The molecule has 102 valence electrons. The summed E-state index contributed by atoms with van der Waals surface area (Å²) in [5.74, 6) is -9.94. The van der Waals surface area contributed by atoms with Crippen molar-refractivity contribution >= 4 is 5.69 Å². The third kappa shape index (κ3) is 2.05. The first kappa shape index (κ1) is 13.4. The molecule has 19 heavy (non-hydrogen) atoms. The predicted molar refractivity (Wildman–Crippen MR) is 59.2 cm³/mol. The monoisotopic (exact) mass is 276 g/mol. The largest absolute Gasteiger partial charge is 0.289 e. The molecule has 2 aromatic rings. The lowest BCUT2D eigenvalue weighted by Crippen LogP contribution is -2.17. The van der Waals surface area contributed by atoms with Crippen molar-refractivity contribution in [3.8, 4) is 0 Å². The molecular weight excluding hydrogens is 267 g/mol.